The summed E-state index contributed by atoms with van der Waals surface area (Å²) < 4.78 is 0.977. The first-order chi connectivity index (χ1) is 11.9. The summed E-state index contributed by atoms with van der Waals surface area (Å²) in [4.78, 5) is 26.9. The molecular formula is C16H16BrCl2N3O2S. The SMILES string of the molecule is CCN(CC(=O)Nc1c(Cl)cccc1Cl)C(=O)NCc1cc(Br)cs1. The summed E-state index contributed by atoms with van der Waals surface area (Å²) in [5, 5.41) is 8.08. The van der Waals surface area contributed by atoms with E-state index in [9.17, 15) is 9.59 Å². The van der Waals surface area contributed by atoms with Gasteiger partial charge in [-0.15, -0.1) is 11.3 Å². The number of thiophene rings is 1. The number of hydrogen-bond donors (Lipinski definition) is 2. The lowest BCUT2D eigenvalue weighted by atomic mass is 10.3. The van der Waals surface area contributed by atoms with Gasteiger partial charge in [-0.1, -0.05) is 29.3 Å². The van der Waals surface area contributed by atoms with Crippen LogP contribution in [0, 0.1) is 0 Å². The monoisotopic (exact) mass is 463 g/mol. The topological polar surface area (TPSA) is 61.4 Å². The number of nitrogens with one attached hydrogen (secondary N) is 2. The van der Waals surface area contributed by atoms with Gasteiger partial charge >= 0.3 is 6.03 Å². The molecule has 1 aromatic carbocycles. The van der Waals surface area contributed by atoms with Crippen LogP contribution in [0.15, 0.2) is 34.1 Å². The van der Waals surface area contributed by atoms with Crippen molar-refractivity contribution >= 4 is 68.1 Å². The molecule has 0 saturated carbocycles. The zero-order valence-corrected chi connectivity index (χ0v) is 17.2. The van der Waals surface area contributed by atoms with Crippen LogP contribution in [-0.4, -0.2) is 29.9 Å². The maximum absolute atomic E-state index is 12.3. The molecule has 0 atom stereocenters. The first kappa shape index (κ1) is 20.0. The predicted octanol–water partition coefficient (Wildman–Crippen LogP) is 4.99. The van der Waals surface area contributed by atoms with E-state index in [1.807, 2.05) is 11.4 Å². The van der Waals surface area contributed by atoms with Gasteiger partial charge in [0, 0.05) is 21.3 Å². The third-order valence-electron chi connectivity index (χ3n) is 3.27. The Labute approximate surface area is 168 Å². The number of carbonyl (C=O) groups is 2. The second kappa shape index (κ2) is 9.43. The van der Waals surface area contributed by atoms with Crippen LogP contribution in [0.5, 0.6) is 0 Å². The summed E-state index contributed by atoms with van der Waals surface area (Å²) >= 11 is 17.0. The molecule has 0 saturated heterocycles. The number of hydrogen-bond acceptors (Lipinski definition) is 3. The summed E-state index contributed by atoms with van der Waals surface area (Å²) in [7, 11) is 0. The Kier molecular flexibility index (Phi) is 7.56. The number of urea groups is 1. The molecule has 2 rings (SSSR count). The normalized spacial score (nSPS) is 10.4. The third-order valence-corrected chi connectivity index (χ3v) is 5.59. The van der Waals surface area contributed by atoms with Gasteiger partial charge in [0.2, 0.25) is 5.91 Å². The van der Waals surface area contributed by atoms with Crippen molar-refractivity contribution < 1.29 is 9.59 Å². The van der Waals surface area contributed by atoms with Gasteiger partial charge in [-0.3, -0.25) is 4.79 Å². The lowest BCUT2D eigenvalue weighted by Gasteiger charge is -2.21. The van der Waals surface area contributed by atoms with Crippen LogP contribution in [-0.2, 0) is 11.3 Å². The van der Waals surface area contributed by atoms with Crippen LogP contribution in [0.25, 0.3) is 0 Å². The van der Waals surface area contributed by atoms with Crippen LogP contribution < -0.4 is 10.6 Å². The second-order valence-corrected chi connectivity index (χ2v) is 7.77. The van der Waals surface area contributed by atoms with E-state index < -0.39 is 0 Å². The highest BCUT2D eigenvalue weighted by atomic mass is 79.9. The van der Waals surface area contributed by atoms with Crippen molar-refractivity contribution in [2.45, 2.75) is 13.5 Å². The molecule has 0 bridgehead atoms. The fourth-order valence-corrected chi connectivity index (χ4v) is 3.90. The van der Waals surface area contributed by atoms with Gasteiger partial charge in [-0.25, -0.2) is 4.79 Å². The number of anilines is 1. The average Bonchev–Trinajstić information content (AvgIpc) is 2.99. The molecular weight excluding hydrogens is 449 g/mol. The van der Waals surface area contributed by atoms with Gasteiger partial charge in [0.05, 0.1) is 22.3 Å². The standard InChI is InChI=1S/C16H16BrCl2N3O2S/c1-2-22(16(24)20-7-11-6-10(17)9-25-11)8-14(23)21-15-12(18)4-3-5-13(15)19/h3-6,9H,2,7-8H2,1H3,(H,20,24)(H,21,23). The van der Waals surface area contributed by atoms with Gasteiger partial charge < -0.3 is 15.5 Å². The minimum absolute atomic E-state index is 0.0992. The highest BCUT2D eigenvalue weighted by molar-refractivity contribution is 9.10. The summed E-state index contributed by atoms with van der Waals surface area (Å²) in [6.45, 7) is 2.50. The molecule has 5 nitrogen and oxygen atoms in total. The highest BCUT2D eigenvalue weighted by Crippen LogP contribution is 2.29. The molecule has 134 valence electrons. The van der Waals surface area contributed by atoms with Crippen molar-refractivity contribution in [1.82, 2.24) is 10.2 Å². The Morgan fingerprint density at radius 2 is 1.96 bits per heavy atom. The van der Waals surface area contributed by atoms with Crippen LogP contribution in [0.4, 0.5) is 10.5 Å². The van der Waals surface area contributed by atoms with Gasteiger partial charge in [-0.2, -0.15) is 0 Å². The number of carbonyl (C=O) groups excluding carboxylic acids is 2. The Hall–Kier alpha value is -1.28. The fraction of sp³-hybridized carbons (Fsp3) is 0.250. The number of nitrogens with zero attached hydrogens (tertiary/aromatic N) is 1. The highest BCUT2D eigenvalue weighted by Gasteiger charge is 2.17. The number of rotatable bonds is 6. The fourth-order valence-electron chi connectivity index (χ4n) is 2.02. The maximum Gasteiger partial charge on any atom is 0.318 e. The second-order valence-electron chi connectivity index (χ2n) is 5.05. The predicted molar refractivity (Wildman–Crippen MR) is 107 cm³/mol. The molecule has 3 amide bonds. The third kappa shape index (κ3) is 5.88. The number of benzene rings is 1. The molecule has 0 fully saturated rings. The maximum atomic E-state index is 12.3. The molecule has 0 spiro atoms. The molecule has 0 unspecified atom stereocenters. The van der Waals surface area contributed by atoms with Crippen LogP contribution in [0.3, 0.4) is 0 Å². The van der Waals surface area contributed by atoms with Gasteiger partial charge in [0.1, 0.15) is 6.54 Å². The Morgan fingerprint density at radius 1 is 1.28 bits per heavy atom. The Bertz CT molecular complexity index is 749. The Balaban J connectivity index is 1.91. The zero-order chi connectivity index (χ0) is 18.4. The van der Waals surface area contributed by atoms with E-state index in [4.69, 9.17) is 23.2 Å². The molecule has 0 aliphatic rings. The van der Waals surface area contributed by atoms with Crippen molar-refractivity contribution in [3.63, 3.8) is 0 Å². The smallest absolute Gasteiger partial charge is 0.318 e. The van der Waals surface area contributed by atoms with Gasteiger partial charge in [0.15, 0.2) is 0 Å². The number of amides is 3. The van der Waals surface area contributed by atoms with Crippen LogP contribution >= 0.6 is 50.5 Å². The van der Waals surface area contributed by atoms with Crippen molar-refractivity contribution in [3.05, 3.63) is 49.0 Å². The van der Waals surface area contributed by atoms with Gasteiger partial charge in [0.25, 0.3) is 0 Å². The van der Waals surface area contributed by atoms with E-state index >= 15 is 0 Å². The molecule has 0 radical (unpaired) electrons. The summed E-state index contributed by atoms with van der Waals surface area (Å²) in [6.07, 6.45) is 0. The summed E-state index contributed by atoms with van der Waals surface area (Å²) in [6, 6.07) is 6.58. The van der Waals surface area contributed by atoms with Crippen molar-refractivity contribution in [3.8, 4) is 0 Å². The summed E-state index contributed by atoms with van der Waals surface area (Å²) in [5.41, 5.74) is 0.343. The summed E-state index contributed by atoms with van der Waals surface area (Å²) in [5.74, 6) is -0.370. The van der Waals surface area contributed by atoms with E-state index in [2.05, 4.69) is 26.6 Å². The average molecular weight is 465 g/mol. The molecule has 2 N–H and O–H groups in total. The van der Waals surface area contributed by atoms with E-state index in [-0.39, 0.29) is 18.5 Å². The lowest BCUT2D eigenvalue weighted by molar-refractivity contribution is -0.116. The van der Waals surface area contributed by atoms with E-state index in [0.717, 1.165) is 9.35 Å². The number of para-hydroxylation sites is 1. The molecule has 25 heavy (non-hydrogen) atoms. The Morgan fingerprint density at radius 3 is 2.52 bits per heavy atom. The van der Waals surface area contributed by atoms with Crippen LogP contribution in [0.1, 0.15) is 11.8 Å². The molecule has 0 aliphatic carbocycles. The molecule has 1 aromatic heterocycles. The zero-order valence-electron chi connectivity index (χ0n) is 13.3. The van der Waals surface area contributed by atoms with Gasteiger partial charge in [-0.05, 0) is 41.1 Å². The van der Waals surface area contributed by atoms with E-state index in [1.54, 1.807) is 36.5 Å². The number of halogens is 3. The van der Waals surface area contributed by atoms with Crippen molar-refractivity contribution in [2.75, 3.05) is 18.4 Å². The first-order valence-electron chi connectivity index (χ1n) is 7.40. The largest absolute Gasteiger partial charge is 0.333 e. The van der Waals surface area contributed by atoms with Crippen molar-refractivity contribution in [2.24, 2.45) is 0 Å². The quantitative estimate of drug-likeness (QED) is 0.632. The first-order valence-corrected chi connectivity index (χ1v) is 9.83. The lowest BCUT2D eigenvalue weighted by Crippen LogP contribution is -2.43. The van der Waals surface area contributed by atoms with E-state index in [1.165, 1.54) is 4.90 Å². The minimum atomic E-state index is -0.370. The minimum Gasteiger partial charge on any atom is -0.333 e. The number of likely N-dealkylation sites (N-methyl/N-ethyl adjacent to an activating group) is 1. The van der Waals surface area contributed by atoms with Crippen molar-refractivity contribution in [1.29, 1.82) is 0 Å². The molecule has 0 aliphatic heterocycles. The molecule has 2 aromatic rings. The van der Waals surface area contributed by atoms with E-state index in [0.29, 0.717) is 28.8 Å². The molecule has 9 heteroatoms. The molecule has 1 heterocycles. The van der Waals surface area contributed by atoms with Crippen LogP contribution in [0.2, 0.25) is 10.0 Å².